The second kappa shape index (κ2) is 6.99. The number of nitrogens with one attached hydrogen (secondary N) is 1. The number of nitrogens with two attached hydrogens (primary N) is 1. The number of ether oxygens (including phenoxy) is 1. The topological polar surface area (TPSA) is 65.1 Å². The molecule has 1 unspecified atom stereocenters. The van der Waals surface area contributed by atoms with E-state index in [9.17, 15) is 0 Å². The van der Waals surface area contributed by atoms with E-state index in [4.69, 9.17) is 10.6 Å². The van der Waals surface area contributed by atoms with Crippen molar-refractivity contribution in [2.45, 2.75) is 19.5 Å². The summed E-state index contributed by atoms with van der Waals surface area (Å²) in [5.74, 6) is 5.79. The summed E-state index contributed by atoms with van der Waals surface area (Å²) < 4.78 is 7.96. The summed E-state index contributed by atoms with van der Waals surface area (Å²) in [7, 11) is 1.68. The van der Waals surface area contributed by atoms with Gasteiger partial charge in [-0.05, 0) is 34.0 Å². The highest BCUT2D eigenvalue weighted by Gasteiger charge is 2.22. The second-order valence-electron chi connectivity index (χ2n) is 4.55. The molecule has 1 heterocycles. The Morgan fingerprint density at radius 2 is 2.20 bits per heavy atom. The van der Waals surface area contributed by atoms with Gasteiger partial charge >= 0.3 is 0 Å². The van der Waals surface area contributed by atoms with E-state index in [1.807, 2.05) is 16.8 Å². The summed E-state index contributed by atoms with van der Waals surface area (Å²) in [5.41, 5.74) is 6.20. The molecule has 20 heavy (non-hydrogen) atoms. The van der Waals surface area contributed by atoms with E-state index in [1.54, 1.807) is 13.3 Å². The molecule has 3 N–H and O–H groups in total. The Labute approximate surface area is 127 Å². The second-order valence-corrected chi connectivity index (χ2v) is 5.40. The van der Waals surface area contributed by atoms with Crippen molar-refractivity contribution in [3.8, 4) is 0 Å². The van der Waals surface area contributed by atoms with Crippen molar-refractivity contribution in [1.29, 1.82) is 0 Å². The van der Waals surface area contributed by atoms with Crippen LogP contribution in [0.25, 0.3) is 0 Å². The van der Waals surface area contributed by atoms with Gasteiger partial charge in [-0.2, -0.15) is 5.10 Å². The van der Waals surface area contributed by atoms with Crippen LogP contribution in [0.2, 0.25) is 0 Å². The molecule has 2 aromatic rings. The van der Waals surface area contributed by atoms with Gasteiger partial charge in [0.15, 0.2) is 0 Å². The lowest BCUT2D eigenvalue weighted by Gasteiger charge is -2.20. The van der Waals surface area contributed by atoms with Crippen LogP contribution in [0.3, 0.4) is 0 Å². The molecule has 0 spiro atoms. The molecule has 1 aromatic heterocycles. The minimum atomic E-state index is -0.120. The third kappa shape index (κ3) is 3.09. The minimum Gasteiger partial charge on any atom is -0.383 e. The number of aromatic nitrogens is 2. The predicted octanol–water partition coefficient (Wildman–Crippen LogP) is 2.15. The highest BCUT2D eigenvalue weighted by atomic mass is 79.9. The fraction of sp³-hybridized carbons (Fsp3) is 0.357. The molecule has 1 atom stereocenters. The minimum absolute atomic E-state index is 0.120. The van der Waals surface area contributed by atoms with Gasteiger partial charge in [0.05, 0.1) is 35.6 Å². The largest absolute Gasteiger partial charge is 0.383 e. The number of halogens is 1. The van der Waals surface area contributed by atoms with Crippen LogP contribution in [0.5, 0.6) is 0 Å². The number of benzene rings is 1. The van der Waals surface area contributed by atoms with Crippen LogP contribution in [0.15, 0.2) is 34.9 Å². The maximum atomic E-state index is 5.79. The number of methoxy groups -OCH3 is 1. The van der Waals surface area contributed by atoms with Crippen LogP contribution in [-0.4, -0.2) is 23.5 Å². The lowest BCUT2D eigenvalue weighted by atomic mass is 9.99. The van der Waals surface area contributed by atoms with E-state index in [0.29, 0.717) is 13.2 Å². The van der Waals surface area contributed by atoms with Crippen molar-refractivity contribution in [2.75, 3.05) is 13.7 Å². The SMILES string of the molecule is COCCn1ncc(Br)c1C(NN)c1ccccc1C. The summed E-state index contributed by atoms with van der Waals surface area (Å²) in [4.78, 5) is 0. The van der Waals surface area contributed by atoms with Gasteiger partial charge in [0.25, 0.3) is 0 Å². The lowest BCUT2D eigenvalue weighted by molar-refractivity contribution is 0.182. The van der Waals surface area contributed by atoms with E-state index in [0.717, 1.165) is 15.7 Å². The maximum absolute atomic E-state index is 5.79. The van der Waals surface area contributed by atoms with Crippen molar-refractivity contribution >= 4 is 15.9 Å². The van der Waals surface area contributed by atoms with Crippen LogP contribution in [0.4, 0.5) is 0 Å². The number of aryl methyl sites for hydroxylation is 1. The predicted molar refractivity (Wildman–Crippen MR) is 82.1 cm³/mol. The molecule has 0 aliphatic heterocycles. The number of hydrazine groups is 1. The Bertz CT molecular complexity index is 570. The number of hydrogen-bond donors (Lipinski definition) is 2. The van der Waals surface area contributed by atoms with Gasteiger partial charge in [-0.25, -0.2) is 5.43 Å². The van der Waals surface area contributed by atoms with E-state index < -0.39 is 0 Å². The molecule has 0 aliphatic rings. The third-order valence-corrected chi connectivity index (χ3v) is 3.89. The van der Waals surface area contributed by atoms with Crippen LogP contribution in [0, 0.1) is 6.92 Å². The number of rotatable bonds is 6. The third-order valence-electron chi connectivity index (χ3n) is 3.28. The molecule has 108 valence electrons. The number of hydrogen-bond acceptors (Lipinski definition) is 4. The van der Waals surface area contributed by atoms with E-state index in [2.05, 4.69) is 45.5 Å². The normalized spacial score (nSPS) is 12.6. The summed E-state index contributed by atoms with van der Waals surface area (Å²) in [6.45, 7) is 3.36. The van der Waals surface area contributed by atoms with Crippen LogP contribution in [0.1, 0.15) is 22.9 Å². The first-order valence-corrected chi connectivity index (χ1v) is 7.20. The van der Waals surface area contributed by atoms with Crippen molar-refractivity contribution in [1.82, 2.24) is 15.2 Å². The fourth-order valence-corrected chi connectivity index (χ4v) is 2.77. The van der Waals surface area contributed by atoms with Crippen LogP contribution in [-0.2, 0) is 11.3 Å². The molecule has 2 rings (SSSR count). The van der Waals surface area contributed by atoms with E-state index in [-0.39, 0.29) is 6.04 Å². The Kier molecular flexibility index (Phi) is 5.31. The number of nitrogens with zero attached hydrogens (tertiary/aromatic N) is 2. The monoisotopic (exact) mass is 338 g/mol. The van der Waals surface area contributed by atoms with Gasteiger partial charge in [0.1, 0.15) is 0 Å². The quantitative estimate of drug-likeness (QED) is 0.625. The van der Waals surface area contributed by atoms with Gasteiger partial charge < -0.3 is 4.74 Å². The Morgan fingerprint density at radius 3 is 2.85 bits per heavy atom. The first-order valence-electron chi connectivity index (χ1n) is 6.40. The summed E-state index contributed by atoms with van der Waals surface area (Å²) in [6, 6.07) is 8.05. The molecular formula is C14H19BrN4O. The average Bonchev–Trinajstić information content (AvgIpc) is 2.81. The summed E-state index contributed by atoms with van der Waals surface area (Å²) >= 11 is 3.55. The van der Waals surface area contributed by atoms with Gasteiger partial charge in [0.2, 0.25) is 0 Å². The smallest absolute Gasteiger partial charge is 0.0892 e. The molecule has 5 nitrogen and oxygen atoms in total. The molecule has 0 radical (unpaired) electrons. The Morgan fingerprint density at radius 1 is 1.45 bits per heavy atom. The van der Waals surface area contributed by atoms with Gasteiger partial charge in [-0.3, -0.25) is 10.5 Å². The fourth-order valence-electron chi connectivity index (χ4n) is 2.24. The van der Waals surface area contributed by atoms with E-state index in [1.165, 1.54) is 5.56 Å². The zero-order valence-corrected chi connectivity index (χ0v) is 13.2. The maximum Gasteiger partial charge on any atom is 0.0892 e. The van der Waals surface area contributed by atoms with Gasteiger partial charge in [-0.15, -0.1) is 0 Å². The first kappa shape index (κ1) is 15.2. The molecular weight excluding hydrogens is 320 g/mol. The van der Waals surface area contributed by atoms with Crippen molar-refractivity contribution in [3.63, 3.8) is 0 Å². The standard InChI is InChI=1S/C14H19BrN4O/c1-10-5-3-4-6-11(10)13(18-16)14-12(15)9-17-19(14)7-8-20-2/h3-6,9,13,18H,7-8,16H2,1-2H3. The van der Waals surface area contributed by atoms with Crippen LogP contribution >= 0.6 is 15.9 Å². The highest BCUT2D eigenvalue weighted by Crippen LogP contribution is 2.29. The molecule has 0 saturated heterocycles. The molecule has 6 heteroatoms. The Balaban J connectivity index is 2.42. The van der Waals surface area contributed by atoms with Gasteiger partial charge in [0, 0.05) is 7.11 Å². The van der Waals surface area contributed by atoms with Crippen LogP contribution < -0.4 is 11.3 Å². The summed E-state index contributed by atoms with van der Waals surface area (Å²) in [6.07, 6.45) is 1.79. The average molecular weight is 339 g/mol. The summed E-state index contributed by atoms with van der Waals surface area (Å²) in [5, 5.41) is 4.37. The lowest BCUT2D eigenvalue weighted by Crippen LogP contribution is -2.31. The molecule has 0 fully saturated rings. The highest BCUT2D eigenvalue weighted by molar-refractivity contribution is 9.10. The molecule has 0 amide bonds. The molecule has 1 aromatic carbocycles. The zero-order chi connectivity index (χ0) is 14.5. The Hall–Kier alpha value is -1.21. The van der Waals surface area contributed by atoms with E-state index >= 15 is 0 Å². The molecule has 0 saturated carbocycles. The van der Waals surface area contributed by atoms with Crippen molar-refractivity contribution < 1.29 is 4.74 Å². The molecule has 0 bridgehead atoms. The zero-order valence-electron chi connectivity index (χ0n) is 11.6. The first-order chi connectivity index (χ1) is 9.69. The van der Waals surface area contributed by atoms with Crippen molar-refractivity contribution in [2.24, 2.45) is 5.84 Å². The van der Waals surface area contributed by atoms with Crippen molar-refractivity contribution in [3.05, 3.63) is 51.8 Å². The molecule has 0 aliphatic carbocycles. The van der Waals surface area contributed by atoms with Gasteiger partial charge in [-0.1, -0.05) is 24.3 Å².